The van der Waals surface area contributed by atoms with Crippen molar-refractivity contribution in [3.63, 3.8) is 0 Å². The summed E-state index contributed by atoms with van der Waals surface area (Å²) in [6.07, 6.45) is 4.20. The minimum absolute atomic E-state index is 0.533. The van der Waals surface area contributed by atoms with Gasteiger partial charge in [-0.3, -0.25) is 0 Å². The van der Waals surface area contributed by atoms with Crippen LogP contribution < -0.4 is 5.32 Å². The molecule has 1 saturated heterocycles. The Morgan fingerprint density at radius 2 is 2.47 bits per heavy atom. The summed E-state index contributed by atoms with van der Waals surface area (Å²) < 4.78 is 5.59. The Morgan fingerprint density at radius 1 is 1.47 bits per heavy atom. The lowest BCUT2D eigenvalue weighted by Crippen LogP contribution is -2.20. The molecule has 1 aromatic heterocycles. The number of hydrogen-bond donors (Lipinski definition) is 1. The summed E-state index contributed by atoms with van der Waals surface area (Å²) in [4.78, 5) is 0. The first kappa shape index (κ1) is 13.4. The van der Waals surface area contributed by atoms with Crippen LogP contribution in [0.3, 0.4) is 0 Å². The van der Waals surface area contributed by atoms with E-state index in [-0.39, 0.29) is 0 Å². The molecule has 0 amide bonds. The number of thiophene rings is 1. The van der Waals surface area contributed by atoms with Gasteiger partial charge in [-0.15, -0.1) is 0 Å². The number of rotatable bonds is 8. The zero-order chi connectivity index (χ0) is 11.8. The van der Waals surface area contributed by atoms with Gasteiger partial charge in [0.1, 0.15) is 0 Å². The highest BCUT2D eigenvalue weighted by Crippen LogP contribution is 2.16. The van der Waals surface area contributed by atoms with Crippen molar-refractivity contribution >= 4 is 23.1 Å². The molecule has 17 heavy (non-hydrogen) atoms. The lowest BCUT2D eigenvalue weighted by atomic mass is 10.2. The van der Waals surface area contributed by atoms with Gasteiger partial charge >= 0.3 is 0 Å². The normalized spacial score (nSPS) is 19.9. The van der Waals surface area contributed by atoms with Crippen molar-refractivity contribution in [2.24, 2.45) is 0 Å². The molecule has 2 heterocycles. The van der Waals surface area contributed by atoms with E-state index < -0.39 is 0 Å². The number of thioether (sulfide) groups is 1. The van der Waals surface area contributed by atoms with Crippen LogP contribution in [0.25, 0.3) is 0 Å². The van der Waals surface area contributed by atoms with Crippen LogP contribution in [0.1, 0.15) is 18.4 Å². The largest absolute Gasteiger partial charge is 0.377 e. The minimum atomic E-state index is 0.533. The van der Waals surface area contributed by atoms with E-state index in [1.807, 2.05) is 11.8 Å². The SMILES string of the molecule is c1cc(CCNCCSCC2CCCO2)cs1. The molecule has 4 heteroatoms. The summed E-state index contributed by atoms with van der Waals surface area (Å²) in [5, 5.41) is 7.87. The summed E-state index contributed by atoms with van der Waals surface area (Å²) in [5.41, 5.74) is 1.45. The van der Waals surface area contributed by atoms with Crippen LogP contribution in [-0.4, -0.2) is 37.3 Å². The van der Waals surface area contributed by atoms with Gasteiger partial charge in [0, 0.05) is 24.7 Å². The molecule has 0 saturated carbocycles. The number of nitrogens with one attached hydrogen (secondary N) is 1. The quantitative estimate of drug-likeness (QED) is 0.735. The van der Waals surface area contributed by atoms with Gasteiger partial charge in [-0.2, -0.15) is 23.1 Å². The molecule has 0 radical (unpaired) electrons. The zero-order valence-corrected chi connectivity index (χ0v) is 11.8. The van der Waals surface area contributed by atoms with Crippen molar-refractivity contribution in [1.29, 1.82) is 0 Å². The minimum Gasteiger partial charge on any atom is -0.377 e. The maximum atomic E-state index is 5.59. The maximum Gasteiger partial charge on any atom is 0.0666 e. The molecule has 0 aliphatic carbocycles. The first-order valence-electron chi connectivity index (χ1n) is 6.36. The van der Waals surface area contributed by atoms with Crippen LogP contribution >= 0.6 is 23.1 Å². The highest BCUT2D eigenvalue weighted by atomic mass is 32.2. The maximum absolute atomic E-state index is 5.59. The molecule has 2 rings (SSSR count). The molecule has 1 unspecified atom stereocenters. The molecule has 1 aromatic rings. The van der Waals surface area contributed by atoms with E-state index in [1.165, 1.54) is 29.9 Å². The first-order chi connectivity index (χ1) is 8.45. The summed E-state index contributed by atoms with van der Waals surface area (Å²) in [7, 11) is 0. The fourth-order valence-electron chi connectivity index (χ4n) is 1.93. The van der Waals surface area contributed by atoms with Crippen LogP contribution in [0.4, 0.5) is 0 Å². The average molecular weight is 271 g/mol. The number of hydrogen-bond acceptors (Lipinski definition) is 4. The van der Waals surface area contributed by atoms with Gasteiger partial charge in [-0.05, 0) is 48.2 Å². The van der Waals surface area contributed by atoms with Gasteiger partial charge < -0.3 is 10.1 Å². The highest BCUT2D eigenvalue weighted by Gasteiger charge is 2.14. The third kappa shape index (κ3) is 5.42. The van der Waals surface area contributed by atoms with E-state index in [0.717, 1.165) is 26.1 Å². The topological polar surface area (TPSA) is 21.3 Å². The molecule has 1 N–H and O–H groups in total. The van der Waals surface area contributed by atoms with Crippen LogP contribution in [0.2, 0.25) is 0 Å². The average Bonchev–Trinajstić information content (AvgIpc) is 3.00. The second-order valence-electron chi connectivity index (χ2n) is 4.34. The Morgan fingerprint density at radius 3 is 3.24 bits per heavy atom. The summed E-state index contributed by atoms with van der Waals surface area (Å²) in [6.45, 7) is 3.18. The van der Waals surface area contributed by atoms with E-state index in [0.29, 0.717) is 6.10 Å². The van der Waals surface area contributed by atoms with Crippen molar-refractivity contribution in [1.82, 2.24) is 5.32 Å². The molecule has 0 spiro atoms. The van der Waals surface area contributed by atoms with E-state index >= 15 is 0 Å². The lowest BCUT2D eigenvalue weighted by molar-refractivity contribution is 0.129. The Hall–Kier alpha value is -0.0300. The smallest absolute Gasteiger partial charge is 0.0666 e. The Bertz CT molecular complexity index is 284. The van der Waals surface area contributed by atoms with Gasteiger partial charge in [0.25, 0.3) is 0 Å². The molecule has 1 aliphatic heterocycles. The van der Waals surface area contributed by atoms with Crippen molar-refractivity contribution in [2.75, 3.05) is 31.2 Å². The standard InChI is InChI=1S/C13H21NOS2/c1-2-13(15-7-1)11-17-9-6-14-5-3-12-4-8-16-10-12/h4,8,10,13-14H,1-3,5-7,9,11H2. The van der Waals surface area contributed by atoms with Gasteiger partial charge in [-0.1, -0.05) is 0 Å². The van der Waals surface area contributed by atoms with E-state index in [1.54, 1.807) is 11.3 Å². The van der Waals surface area contributed by atoms with Crippen LogP contribution in [0.5, 0.6) is 0 Å². The third-order valence-corrected chi connectivity index (χ3v) is 4.75. The predicted octanol–water partition coefficient (Wildman–Crippen LogP) is 2.79. The van der Waals surface area contributed by atoms with Crippen LogP contribution in [-0.2, 0) is 11.2 Å². The van der Waals surface area contributed by atoms with Gasteiger partial charge in [0.05, 0.1) is 6.10 Å². The summed E-state index contributed by atoms with van der Waals surface area (Å²) in [5.74, 6) is 2.37. The monoisotopic (exact) mass is 271 g/mol. The molecule has 1 aliphatic rings. The first-order valence-corrected chi connectivity index (χ1v) is 8.46. The van der Waals surface area contributed by atoms with Crippen LogP contribution in [0.15, 0.2) is 16.8 Å². The fraction of sp³-hybridized carbons (Fsp3) is 0.692. The van der Waals surface area contributed by atoms with Crippen molar-refractivity contribution < 1.29 is 4.74 Å². The molecular weight excluding hydrogens is 250 g/mol. The number of ether oxygens (including phenoxy) is 1. The molecule has 0 bridgehead atoms. The Kier molecular flexibility index (Phi) is 6.42. The highest BCUT2D eigenvalue weighted by molar-refractivity contribution is 7.99. The van der Waals surface area contributed by atoms with E-state index in [4.69, 9.17) is 4.74 Å². The predicted molar refractivity (Wildman–Crippen MR) is 77.2 cm³/mol. The molecule has 2 nitrogen and oxygen atoms in total. The lowest BCUT2D eigenvalue weighted by Gasteiger charge is -2.08. The molecule has 1 fully saturated rings. The van der Waals surface area contributed by atoms with E-state index in [9.17, 15) is 0 Å². The molecule has 0 aromatic carbocycles. The summed E-state index contributed by atoms with van der Waals surface area (Å²) in [6, 6.07) is 2.21. The van der Waals surface area contributed by atoms with Crippen molar-refractivity contribution in [2.45, 2.75) is 25.4 Å². The Labute approximate surface area is 112 Å². The fourth-order valence-corrected chi connectivity index (χ4v) is 3.61. The van der Waals surface area contributed by atoms with Gasteiger partial charge in [-0.25, -0.2) is 0 Å². The second-order valence-corrected chi connectivity index (χ2v) is 6.27. The Balaban J connectivity index is 1.39. The second kappa shape index (κ2) is 8.14. The third-order valence-electron chi connectivity index (χ3n) is 2.92. The molecule has 1 atom stereocenters. The van der Waals surface area contributed by atoms with Gasteiger partial charge in [0.15, 0.2) is 0 Å². The van der Waals surface area contributed by atoms with Crippen molar-refractivity contribution in [3.8, 4) is 0 Å². The van der Waals surface area contributed by atoms with E-state index in [2.05, 4.69) is 22.1 Å². The molecule has 96 valence electrons. The summed E-state index contributed by atoms with van der Waals surface area (Å²) >= 11 is 3.79. The van der Waals surface area contributed by atoms with Crippen LogP contribution in [0, 0.1) is 0 Å². The zero-order valence-electron chi connectivity index (χ0n) is 10.2. The molecular formula is C13H21NOS2. The van der Waals surface area contributed by atoms with Gasteiger partial charge in [0.2, 0.25) is 0 Å². The van der Waals surface area contributed by atoms with Crippen molar-refractivity contribution in [3.05, 3.63) is 22.4 Å².